The summed E-state index contributed by atoms with van der Waals surface area (Å²) in [5, 5.41) is 5.57. The zero-order valence-electron chi connectivity index (χ0n) is 12.5. The molecular formula is C14H23N3O2S. The van der Waals surface area contributed by atoms with E-state index >= 15 is 0 Å². The van der Waals surface area contributed by atoms with E-state index in [1.807, 2.05) is 50.2 Å². The Labute approximate surface area is 123 Å². The Morgan fingerprint density at radius 3 is 2.70 bits per heavy atom. The Morgan fingerprint density at radius 2 is 2.10 bits per heavy atom. The van der Waals surface area contributed by atoms with Crippen LogP contribution in [-0.4, -0.2) is 42.4 Å². The fraction of sp³-hybridized carbons (Fsp3) is 0.500. The van der Waals surface area contributed by atoms with Gasteiger partial charge in [0.15, 0.2) is 0 Å². The van der Waals surface area contributed by atoms with Crippen LogP contribution in [0.15, 0.2) is 24.3 Å². The number of benzene rings is 1. The van der Waals surface area contributed by atoms with Crippen LogP contribution in [0.1, 0.15) is 12.5 Å². The Balaban J connectivity index is 2.44. The van der Waals surface area contributed by atoms with Crippen molar-refractivity contribution in [2.24, 2.45) is 0 Å². The van der Waals surface area contributed by atoms with Gasteiger partial charge in [-0.3, -0.25) is 4.21 Å². The molecule has 20 heavy (non-hydrogen) atoms. The molecule has 1 rings (SSSR count). The first-order valence-electron chi connectivity index (χ1n) is 6.49. The second kappa shape index (κ2) is 7.89. The Bertz CT molecular complexity index is 477. The van der Waals surface area contributed by atoms with Gasteiger partial charge >= 0.3 is 6.03 Å². The maximum absolute atomic E-state index is 11.7. The minimum absolute atomic E-state index is 0.103. The Morgan fingerprint density at radius 1 is 1.40 bits per heavy atom. The summed E-state index contributed by atoms with van der Waals surface area (Å²) in [7, 11) is 3.05. The van der Waals surface area contributed by atoms with Gasteiger partial charge in [-0.2, -0.15) is 0 Å². The predicted octanol–water partition coefficient (Wildman–Crippen LogP) is 1.32. The first kappa shape index (κ1) is 16.5. The van der Waals surface area contributed by atoms with Crippen molar-refractivity contribution in [1.82, 2.24) is 10.6 Å². The number of carbonyl (C=O) groups is 1. The lowest BCUT2D eigenvalue weighted by Crippen LogP contribution is -2.42. The van der Waals surface area contributed by atoms with Gasteiger partial charge in [0.05, 0.1) is 0 Å². The quantitative estimate of drug-likeness (QED) is 0.832. The van der Waals surface area contributed by atoms with Crippen LogP contribution in [0.2, 0.25) is 0 Å². The maximum Gasteiger partial charge on any atom is 0.315 e. The molecule has 2 N–H and O–H groups in total. The summed E-state index contributed by atoms with van der Waals surface area (Å²) >= 11 is 0. The molecule has 0 saturated heterocycles. The van der Waals surface area contributed by atoms with Crippen LogP contribution >= 0.6 is 0 Å². The molecule has 5 nitrogen and oxygen atoms in total. The van der Waals surface area contributed by atoms with Gasteiger partial charge in [0.1, 0.15) is 0 Å². The first-order chi connectivity index (χ1) is 9.38. The SMILES string of the molecule is C[C@@H](C[S@](C)=O)NC(=O)NCc1cccc(N(C)C)c1. The highest BCUT2D eigenvalue weighted by Crippen LogP contribution is 2.12. The van der Waals surface area contributed by atoms with E-state index in [1.54, 1.807) is 6.26 Å². The van der Waals surface area contributed by atoms with Crippen LogP contribution in [0.5, 0.6) is 0 Å². The Hall–Kier alpha value is -1.56. The summed E-state index contributed by atoms with van der Waals surface area (Å²) < 4.78 is 11.1. The highest BCUT2D eigenvalue weighted by atomic mass is 32.2. The van der Waals surface area contributed by atoms with Crippen molar-refractivity contribution in [3.8, 4) is 0 Å². The van der Waals surface area contributed by atoms with Crippen molar-refractivity contribution in [2.45, 2.75) is 19.5 Å². The third kappa shape index (κ3) is 6.06. The van der Waals surface area contributed by atoms with E-state index in [2.05, 4.69) is 10.6 Å². The number of carbonyl (C=O) groups excluding carboxylic acids is 1. The summed E-state index contributed by atoms with van der Waals surface area (Å²) in [5.41, 5.74) is 2.14. The third-order valence-corrected chi connectivity index (χ3v) is 3.71. The molecule has 0 radical (unpaired) electrons. The van der Waals surface area contributed by atoms with Crippen LogP contribution in [0.25, 0.3) is 0 Å². The largest absolute Gasteiger partial charge is 0.378 e. The third-order valence-electron chi connectivity index (χ3n) is 2.74. The standard InChI is InChI=1S/C14H23N3O2S/c1-11(10-20(4)19)16-14(18)15-9-12-6-5-7-13(8-12)17(2)3/h5-8,11H,9-10H2,1-4H3,(H2,15,16,18)/t11-,20-/m0/s1. The molecule has 1 aromatic rings. The number of anilines is 1. The van der Waals surface area contributed by atoms with Crippen molar-refractivity contribution in [3.63, 3.8) is 0 Å². The number of urea groups is 1. The van der Waals surface area contributed by atoms with Crippen LogP contribution in [0, 0.1) is 0 Å². The average molecular weight is 297 g/mol. The lowest BCUT2D eigenvalue weighted by atomic mass is 10.2. The number of rotatable bonds is 6. The van der Waals surface area contributed by atoms with Gasteiger partial charge in [0.2, 0.25) is 0 Å². The minimum atomic E-state index is -0.908. The van der Waals surface area contributed by atoms with Crippen molar-refractivity contribution in [2.75, 3.05) is 31.0 Å². The van der Waals surface area contributed by atoms with Crippen molar-refractivity contribution < 1.29 is 9.00 Å². The molecule has 6 heteroatoms. The van der Waals surface area contributed by atoms with Gasteiger partial charge in [0.25, 0.3) is 0 Å². The monoisotopic (exact) mass is 297 g/mol. The summed E-state index contributed by atoms with van der Waals surface area (Å²) in [5.74, 6) is 0.462. The van der Waals surface area contributed by atoms with E-state index in [9.17, 15) is 9.00 Å². The van der Waals surface area contributed by atoms with E-state index in [0.29, 0.717) is 12.3 Å². The lowest BCUT2D eigenvalue weighted by Gasteiger charge is -2.15. The molecule has 2 amide bonds. The topological polar surface area (TPSA) is 61.4 Å². The molecule has 0 heterocycles. The molecule has 0 saturated carbocycles. The minimum Gasteiger partial charge on any atom is -0.378 e. The zero-order valence-corrected chi connectivity index (χ0v) is 13.3. The van der Waals surface area contributed by atoms with Gasteiger partial charge in [-0.25, -0.2) is 4.79 Å². The number of nitrogens with zero attached hydrogens (tertiary/aromatic N) is 1. The van der Waals surface area contributed by atoms with E-state index < -0.39 is 10.8 Å². The van der Waals surface area contributed by atoms with Gasteiger partial charge in [-0.1, -0.05) is 12.1 Å². The van der Waals surface area contributed by atoms with E-state index in [-0.39, 0.29) is 12.1 Å². The molecule has 0 spiro atoms. The van der Waals surface area contributed by atoms with Crippen LogP contribution in [-0.2, 0) is 17.3 Å². The molecule has 112 valence electrons. The first-order valence-corrected chi connectivity index (χ1v) is 8.22. The molecule has 0 fully saturated rings. The second-order valence-corrected chi connectivity index (χ2v) is 6.51. The summed E-state index contributed by atoms with van der Waals surface area (Å²) in [6, 6.07) is 7.64. The van der Waals surface area contributed by atoms with Gasteiger partial charge in [0, 0.05) is 55.2 Å². The van der Waals surface area contributed by atoms with E-state index in [1.165, 1.54) is 0 Å². The van der Waals surface area contributed by atoms with Gasteiger partial charge < -0.3 is 15.5 Å². The number of hydrogen-bond donors (Lipinski definition) is 2. The molecule has 0 aliphatic heterocycles. The van der Waals surface area contributed by atoms with Crippen LogP contribution in [0.3, 0.4) is 0 Å². The second-order valence-electron chi connectivity index (χ2n) is 5.03. The van der Waals surface area contributed by atoms with Crippen molar-refractivity contribution in [1.29, 1.82) is 0 Å². The summed E-state index contributed by atoms with van der Waals surface area (Å²) in [6.07, 6.45) is 1.63. The smallest absolute Gasteiger partial charge is 0.315 e. The van der Waals surface area contributed by atoms with Crippen LogP contribution in [0.4, 0.5) is 10.5 Å². The fourth-order valence-electron chi connectivity index (χ4n) is 1.80. The summed E-state index contributed by atoms with van der Waals surface area (Å²) in [4.78, 5) is 13.7. The normalized spacial score (nSPS) is 13.4. The van der Waals surface area contributed by atoms with Gasteiger partial charge in [-0.05, 0) is 24.6 Å². The molecule has 0 aliphatic rings. The van der Waals surface area contributed by atoms with Crippen molar-refractivity contribution in [3.05, 3.63) is 29.8 Å². The van der Waals surface area contributed by atoms with E-state index in [4.69, 9.17) is 0 Å². The van der Waals surface area contributed by atoms with Gasteiger partial charge in [-0.15, -0.1) is 0 Å². The molecule has 0 bridgehead atoms. The zero-order chi connectivity index (χ0) is 15.1. The average Bonchev–Trinajstić information content (AvgIpc) is 2.35. The number of nitrogens with one attached hydrogen (secondary N) is 2. The highest BCUT2D eigenvalue weighted by Gasteiger charge is 2.08. The maximum atomic E-state index is 11.7. The summed E-state index contributed by atoms with van der Waals surface area (Å²) in [6.45, 7) is 2.31. The Kier molecular flexibility index (Phi) is 6.51. The molecule has 2 atom stereocenters. The molecular weight excluding hydrogens is 274 g/mol. The molecule has 0 unspecified atom stereocenters. The number of hydrogen-bond acceptors (Lipinski definition) is 3. The lowest BCUT2D eigenvalue weighted by molar-refractivity contribution is 0.238. The highest BCUT2D eigenvalue weighted by molar-refractivity contribution is 7.84. The number of amides is 2. The molecule has 0 aliphatic carbocycles. The fourth-order valence-corrected chi connectivity index (χ4v) is 2.58. The van der Waals surface area contributed by atoms with Crippen molar-refractivity contribution >= 4 is 22.5 Å². The predicted molar refractivity (Wildman–Crippen MR) is 84.5 cm³/mol. The molecule has 1 aromatic carbocycles. The van der Waals surface area contributed by atoms with Crippen LogP contribution < -0.4 is 15.5 Å². The molecule has 0 aromatic heterocycles. The van der Waals surface area contributed by atoms with E-state index in [0.717, 1.165) is 11.3 Å².